The average molecular weight is 439 g/mol. The Labute approximate surface area is 185 Å². The highest BCUT2D eigenvalue weighted by atomic mass is 35.5. The van der Waals surface area contributed by atoms with Gasteiger partial charge in [0.25, 0.3) is 0 Å². The number of hydrogen-bond donors (Lipinski definition) is 3. The van der Waals surface area contributed by atoms with Crippen molar-refractivity contribution in [3.8, 4) is 5.75 Å². The minimum Gasteiger partial charge on any atom is -0.491 e. The van der Waals surface area contributed by atoms with Crippen molar-refractivity contribution in [2.75, 3.05) is 19.8 Å². The summed E-state index contributed by atoms with van der Waals surface area (Å²) < 4.78 is 10.9. The molecule has 30 heavy (non-hydrogen) atoms. The molecule has 0 unspecified atom stereocenters. The topological polar surface area (TPSA) is 79.2 Å². The average Bonchev–Trinajstić information content (AvgIpc) is 2.99. The van der Waals surface area contributed by atoms with Gasteiger partial charge in [-0.15, -0.1) is 0 Å². The Bertz CT molecular complexity index is 663. The van der Waals surface area contributed by atoms with E-state index in [1.165, 1.54) is 0 Å². The molecule has 1 aliphatic rings. The lowest BCUT2D eigenvalue weighted by molar-refractivity contribution is 0.120. The summed E-state index contributed by atoms with van der Waals surface area (Å²) in [5, 5.41) is 31.4. The molecule has 5 nitrogen and oxygen atoms in total. The number of aliphatic hydroxyl groups is 3. The van der Waals surface area contributed by atoms with Gasteiger partial charge in [-0.2, -0.15) is 0 Å². The van der Waals surface area contributed by atoms with E-state index in [1.807, 2.05) is 13.0 Å². The van der Waals surface area contributed by atoms with Crippen LogP contribution in [0.2, 0.25) is 5.02 Å². The van der Waals surface area contributed by atoms with Crippen LogP contribution in [0.1, 0.15) is 39.0 Å². The van der Waals surface area contributed by atoms with Crippen molar-refractivity contribution >= 4 is 11.6 Å². The number of aliphatic hydroxyl groups excluding tert-OH is 3. The third kappa shape index (κ3) is 8.78. The zero-order valence-electron chi connectivity index (χ0n) is 17.7. The molecular weight excluding hydrogens is 404 g/mol. The highest BCUT2D eigenvalue weighted by molar-refractivity contribution is 6.30. The highest BCUT2D eigenvalue weighted by Crippen LogP contribution is 2.36. The maximum Gasteiger partial charge on any atom is 0.120 e. The molecule has 0 aromatic heterocycles. The Balaban J connectivity index is 1.78. The first-order chi connectivity index (χ1) is 14.5. The Morgan fingerprint density at radius 2 is 2.03 bits per heavy atom. The Morgan fingerprint density at radius 1 is 1.20 bits per heavy atom. The lowest BCUT2D eigenvalue weighted by Crippen LogP contribution is -2.21. The molecule has 3 N–H and O–H groups in total. The van der Waals surface area contributed by atoms with E-state index in [1.54, 1.807) is 30.3 Å². The number of hydrogen-bond acceptors (Lipinski definition) is 5. The Morgan fingerprint density at radius 3 is 2.80 bits per heavy atom. The molecule has 0 aliphatic heterocycles. The monoisotopic (exact) mass is 438 g/mol. The number of allylic oxidation sites excluding steroid dienone is 2. The fourth-order valence-corrected chi connectivity index (χ4v) is 3.92. The van der Waals surface area contributed by atoms with Crippen LogP contribution >= 0.6 is 11.6 Å². The van der Waals surface area contributed by atoms with Crippen LogP contribution < -0.4 is 4.74 Å². The molecule has 1 aliphatic carbocycles. The predicted octanol–water partition coefficient (Wildman–Crippen LogP) is 4.15. The Kier molecular flexibility index (Phi) is 11.5. The molecule has 2 rings (SSSR count). The summed E-state index contributed by atoms with van der Waals surface area (Å²) >= 11 is 5.92. The van der Waals surface area contributed by atoms with Crippen molar-refractivity contribution in [2.24, 2.45) is 11.8 Å². The molecular formula is C24H35ClO5. The molecule has 0 saturated heterocycles. The maximum atomic E-state index is 10.3. The lowest BCUT2D eigenvalue weighted by Gasteiger charge is -2.19. The summed E-state index contributed by atoms with van der Waals surface area (Å²) in [7, 11) is 0. The van der Waals surface area contributed by atoms with Crippen molar-refractivity contribution in [1.29, 1.82) is 0 Å². The first kappa shape index (κ1) is 24.9. The van der Waals surface area contributed by atoms with E-state index in [9.17, 15) is 15.3 Å². The van der Waals surface area contributed by atoms with Gasteiger partial charge in [-0.05, 0) is 56.7 Å². The maximum absolute atomic E-state index is 10.3. The molecule has 1 aromatic rings. The van der Waals surface area contributed by atoms with E-state index in [0.717, 1.165) is 32.5 Å². The molecule has 0 radical (unpaired) electrons. The minimum absolute atomic E-state index is 0.0584. The Hall–Kier alpha value is -1.37. The molecule has 1 aromatic carbocycles. The van der Waals surface area contributed by atoms with Gasteiger partial charge in [-0.3, -0.25) is 0 Å². The van der Waals surface area contributed by atoms with Gasteiger partial charge >= 0.3 is 0 Å². The standard InChI is InChI=1S/C24H35ClO5/c1-2-29-14-7-5-3-4-6-11-21-22(24(28)16-23(21)27)13-12-19(26)17-30-20-10-8-9-18(25)15-20/h4,6,8-10,12-13,15,19,21-24,26-28H,2-3,5,7,11,14,16-17H2,1H3/b6-4+,13-12+/t19-,21-,22-,23+,24-/m1/s1. The van der Waals surface area contributed by atoms with Crippen LogP contribution in [0.15, 0.2) is 48.6 Å². The van der Waals surface area contributed by atoms with Crippen LogP contribution in [-0.2, 0) is 4.74 Å². The van der Waals surface area contributed by atoms with Gasteiger partial charge < -0.3 is 24.8 Å². The summed E-state index contributed by atoms with van der Waals surface area (Å²) in [6.45, 7) is 3.65. The number of ether oxygens (including phenoxy) is 2. The van der Waals surface area contributed by atoms with Gasteiger partial charge in [0.1, 0.15) is 18.5 Å². The first-order valence-electron chi connectivity index (χ1n) is 10.8. The van der Waals surface area contributed by atoms with Gasteiger partial charge in [0.15, 0.2) is 0 Å². The van der Waals surface area contributed by atoms with E-state index >= 15 is 0 Å². The summed E-state index contributed by atoms with van der Waals surface area (Å²) in [6.07, 6.45) is 9.88. The van der Waals surface area contributed by atoms with E-state index in [2.05, 4.69) is 12.2 Å². The summed E-state index contributed by atoms with van der Waals surface area (Å²) in [5.41, 5.74) is 0. The molecule has 168 valence electrons. The van der Waals surface area contributed by atoms with Crippen LogP contribution in [-0.4, -0.2) is 53.5 Å². The van der Waals surface area contributed by atoms with Crippen molar-refractivity contribution in [3.05, 3.63) is 53.6 Å². The molecule has 0 bridgehead atoms. The molecule has 0 heterocycles. The van der Waals surface area contributed by atoms with Crippen LogP contribution in [0.5, 0.6) is 5.75 Å². The van der Waals surface area contributed by atoms with E-state index in [-0.39, 0.29) is 18.4 Å². The smallest absolute Gasteiger partial charge is 0.120 e. The lowest BCUT2D eigenvalue weighted by atomic mass is 9.89. The van der Waals surface area contributed by atoms with Crippen LogP contribution in [0.4, 0.5) is 0 Å². The van der Waals surface area contributed by atoms with Gasteiger partial charge in [-0.1, -0.05) is 42.0 Å². The molecule has 5 atom stereocenters. The van der Waals surface area contributed by atoms with Gasteiger partial charge in [0, 0.05) is 30.6 Å². The zero-order chi connectivity index (χ0) is 21.8. The number of unbranched alkanes of at least 4 members (excludes halogenated alkanes) is 2. The van der Waals surface area contributed by atoms with Crippen LogP contribution in [0, 0.1) is 11.8 Å². The second kappa shape index (κ2) is 13.8. The molecule has 0 spiro atoms. The second-order valence-corrected chi connectivity index (χ2v) is 8.17. The predicted molar refractivity (Wildman–Crippen MR) is 120 cm³/mol. The van der Waals surface area contributed by atoms with Gasteiger partial charge in [-0.25, -0.2) is 0 Å². The quantitative estimate of drug-likeness (QED) is 0.318. The fourth-order valence-electron chi connectivity index (χ4n) is 3.74. The number of benzene rings is 1. The van der Waals surface area contributed by atoms with E-state index in [0.29, 0.717) is 23.6 Å². The normalized spacial score (nSPS) is 25.4. The van der Waals surface area contributed by atoms with Crippen molar-refractivity contribution in [1.82, 2.24) is 0 Å². The third-order valence-electron chi connectivity index (χ3n) is 5.38. The minimum atomic E-state index is -0.810. The second-order valence-electron chi connectivity index (χ2n) is 7.73. The molecule has 0 amide bonds. The first-order valence-corrected chi connectivity index (χ1v) is 11.2. The van der Waals surface area contributed by atoms with Crippen LogP contribution in [0.25, 0.3) is 0 Å². The molecule has 1 fully saturated rings. The SMILES string of the molecule is CCOCCCC/C=C/C[C@@H]1[C@@H](/C=C/[C@@H](O)COc2cccc(Cl)c2)[C@H](O)C[C@@H]1O. The van der Waals surface area contributed by atoms with Crippen LogP contribution in [0.3, 0.4) is 0 Å². The number of rotatable bonds is 13. The van der Waals surface area contributed by atoms with Crippen molar-refractivity contribution in [3.63, 3.8) is 0 Å². The van der Waals surface area contributed by atoms with Crippen molar-refractivity contribution < 1.29 is 24.8 Å². The summed E-state index contributed by atoms with van der Waals surface area (Å²) in [6, 6.07) is 7.01. The fraction of sp³-hybridized carbons (Fsp3) is 0.583. The summed E-state index contributed by atoms with van der Waals surface area (Å²) in [4.78, 5) is 0. The van der Waals surface area contributed by atoms with Gasteiger partial charge in [0.2, 0.25) is 0 Å². The van der Waals surface area contributed by atoms with E-state index < -0.39 is 18.3 Å². The van der Waals surface area contributed by atoms with E-state index in [4.69, 9.17) is 21.1 Å². The number of halogens is 1. The van der Waals surface area contributed by atoms with Gasteiger partial charge in [0.05, 0.1) is 12.2 Å². The van der Waals surface area contributed by atoms with Crippen molar-refractivity contribution in [2.45, 2.75) is 57.3 Å². The zero-order valence-corrected chi connectivity index (χ0v) is 18.5. The molecule has 1 saturated carbocycles. The summed E-state index contributed by atoms with van der Waals surface area (Å²) in [5.74, 6) is 0.343. The molecule has 6 heteroatoms. The largest absolute Gasteiger partial charge is 0.491 e. The highest BCUT2D eigenvalue weighted by Gasteiger charge is 2.39. The third-order valence-corrected chi connectivity index (χ3v) is 5.61.